The Morgan fingerprint density at radius 2 is 2.33 bits per heavy atom. The average Bonchev–Trinajstić information content (AvgIpc) is 2.14. The van der Waals surface area contributed by atoms with E-state index in [1.807, 2.05) is 11.9 Å². The Kier molecular flexibility index (Phi) is 2.09. The van der Waals surface area contributed by atoms with Crippen molar-refractivity contribution in [2.75, 3.05) is 13.6 Å². The fourth-order valence-corrected chi connectivity index (χ4v) is 1.25. The Hall–Kier alpha value is -0.0800. The normalized spacial score (nSPS) is 36.0. The van der Waals surface area contributed by atoms with Gasteiger partial charge < -0.3 is 10.2 Å². The van der Waals surface area contributed by atoms with Gasteiger partial charge in [-0.05, 0) is 26.4 Å². The molecule has 2 heteroatoms. The summed E-state index contributed by atoms with van der Waals surface area (Å²) >= 11 is 0. The molecule has 2 nitrogen and oxygen atoms in total. The van der Waals surface area contributed by atoms with Crippen LogP contribution in [-0.4, -0.2) is 30.6 Å². The Labute approximate surface area is 57.2 Å². The number of rotatable bonds is 1. The van der Waals surface area contributed by atoms with Crippen LogP contribution in [0.25, 0.3) is 0 Å². The zero-order chi connectivity index (χ0) is 6.85. The lowest BCUT2D eigenvalue weighted by Crippen LogP contribution is -2.27. The van der Waals surface area contributed by atoms with E-state index in [-0.39, 0.29) is 0 Å². The molecule has 2 atom stereocenters. The van der Waals surface area contributed by atoms with Crippen LogP contribution in [0.15, 0.2) is 0 Å². The van der Waals surface area contributed by atoms with Gasteiger partial charge in [0.15, 0.2) is 0 Å². The van der Waals surface area contributed by atoms with E-state index in [1.165, 1.54) is 6.42 Å². The molecule has 0 aliphatic carbocycles. The maximum absolute atomic E-state index is 3.85. The van der Waals surface area contributed by atoms with E-state index in [9.17, 15) is 0 Å². The summed E-state index contributed by atoms with van der Waals surface area (Å²) < 4.78 is 0. The zero-order valence-electron chi connectivity index (χ0n) is 6.22. The average molecular weight is 127 g/mol. The minimum Gasteiger partial charge on any atom is -0.458 e. The summed E-state index contributed by atoms with van der Waals surface area (Å²) in [5.41, 5.74) is 0. The predicted molar refractivity (Wildman–Crippen MR) is 39.0 cm³/mol. The van der Waals surface area contributed by atoms with Gasteiger partial charge in [-0.25, -0.2) is 0 Å². The van der Waals surface area contributed by atoms with Crippen molar-refractivity contribution < 1.29 is 0 Å². The maximum Gasteiger partial charge on any atom is 0.00869 e. The van der Waals surface area contributed by atoms with Crippen LogP contribution in [0, 0.1) is 7.05 Å². The number of nitrogens with zero attached hydrogens (tertiary/aromatic N) is 1. The third-order valence-electron chi connectivity index (χ3n) is 1.95. The molecule has 0 saturated carbocycles. The first kappa shape index (κ1) is 7.03. The highest BCUT2D eigenvalue weighted by atomic mass is 15.2. The van der Waals surface area contributed by atoms with Crippen LogP contribution in [-0.2, 0) is 0 Å². The number of hydrogen-bond donors (Lipinski definition) is 1. The van der Waals surface area contributed by atoms with Gasteiger partial charge in [-0.3, -0.25) is 7.05 Å². The molecule has 0 spiro atoms. The van der Waals surface area contributed by atoms with Crippen LogP contribution in [0.3, 0.4) is 0 Å². The van der Waals surface area contributed by atoms with Crippen molar-refractivity contribution in [1.29, 1.82) is 0 Å². The van der Waals surface area contributed by atoms with E-state index in [4.69, 9.17) is 0 Å². The van der Waals surface area contributed by atoms with Crippen molar-refractivity contribution in [3.8, 4) is 0 Å². The van der Waals surface area contributed by atoms with E-state index < -0.39 is 0 Å². The molecule has 1 heterocycles. The van der Waals surface area contributed by atoms with Gasteiger partial charge in [0.1, 0.15) is 0 Å². The molecule has 0 radical (unpaired) electrons. The second kappa shape index (κ2) is 2.67. The Morgan fingerprint density at radius 3 is 2.56 bits per heavy atom. The second-order valence-electron chi connectivity index (χ2n) is 2.96. The number of nitrogens with one attached hydrogen (secondary N) is 1. The summed E-state index contributed by atoms with van der Waals surface area (Å²) in [5, 5.41) is 3.37. The van der Waals surface area contributed by atoms with Crippen molar-refractivity contribution in [3.05, 3.63) is 7.05 Å². The largest absolute Gasteiger partial charge is 0.458 e. The Morgan fingerprint density at radius 1 is 1.67 bits per heavy atom. The van der Waals surface area contributed by atoms with Gasteiger partial charge in [0.05, 0.1) is 0 Å². The highest BCUT2D eigenvalue weighted by molar-refractivity contribution is 4.83. The van der Waals surface area contributed by atoms with Crippen LogP contribution in [0.5, 0.6) is 0 Å². The van der Waals surface area contributed by atoms with Gasteiger partial charge >= 0.3 is 0 Å². The van der Waals surface area contributed by atoms with Crippen molar-refractivity contribution in [2.45, 2.75) is 25.4 Å². The third kappa shape index (κ3) is 1.66. The lowest BCUT2D eigenvalue weighted by Gasteiger charge is -2.25. The fourth-order valence-electron chi connectivity index (χ4n) is 1.25. The maximum atomic E-state index is 3.85. The van der Waals surface area contributed by atoms with Gasteiger partial charge in [-0.15, -0.1) is 0 Å². The smallest absolute Gasteiger partial charge is 0.00869 e. The fraction of sp³-hybridized carbons (Fsp3) is 0.857. The summed E-state index contributed by atoms with van der Waals surface area (Å²) in [7, 11) is 5.88. The van der Waals surface area contributed by atoms with E-state index in [0.29, 0.717) is 12.1 Å². The SMILES string of the molecule is [CH2-]N(C)C1CNC(C)C1. The van der Waals surface area contributed by atoms with E-state index in [0.717, 1.165) is 6.54 Å². The van der Waals surface area contributed by atoms with Crippen LogP contribution in [0.4, 0.5) is 0 Å². The third-order valence-corrected chi connectivity index (χ3v) is 1.95. The van der Waals surface area contributed by atoms with Crippen molar-refractivity contribution in [3.63, 3.8) is 0 Å². The minimum absolute atomic E-state index is 0.653. The summed E-state index contributed by atoms with van der Waals surface area (Å²) in [6.07, 6.45) is 1.24. The summed E-state index contributed by atoms with van der Waals surface area (Å²) in [6, 6.07) is 1.33. The van der Waals surface area contributed by atoms with Crippen LogP contribution < -0.4 is 5.32 Å². The molecule has 0 aromatic carbocycles. The minimum atomic E-state index is 0.653. The highest BCUT2D eigenvalue weighted by Gasteiger charge is 2.18. The molecule has 9 heavy (non-hydrogen) atoms. The van der Waals surface area contributed by atoms with Crippen molar-refractivity contribution in [2.24, 2.45) is 0 Å². The summed E-state index contributed by atoms with van der Waals surface area (Å²) in [5.74, 6) is 0. The molecular weight excluding hydrogens is 112 g/mol. The summed E-state index contributed by atoms with van der Waals surface area (Å²) in [6.45, 7) is 3.31. The van der Waals surface area contributed by atoms with E-state index in [2.05, 4.69) is 19.3 Å². The zero-order valence-corrected chi connectivity index (χ0v) is 6.22. The molecule has 0 aromatic heterocycles. The molecule has 1 fully saturated rings. The molecule has 0 bridgehead atoms. The molecule has 1 saturated heterocycles. The monoisotopic (exact) mass is 127 g/mol. The van der Waals surface area contributed by atoms with Crippen LogP contribution in [0.2, 0.25) is 0 Å². The standard InChI is InChI=1S/C7H15N2/c1-6-4-7(5-8-6)9(2)3/h6-8H,2,4-5H2,1,3H3/q-1. The van der Waals surface area contributed by atoms with E-state index in [1.54, 1.807) is 0 Å². The van der Waals surface area contributed by atoms with Gasteiger partial charge in [-0.1, -0.05) is 0 Å². The number of hydrogen-bond acceptors (Lipinski definition) is 2. The molecule has 1 rings (SSSR count). The molecular formula is C7H15N2-. The topological polar surface area (TPSA) is 15.3 Å². The van der Waals surface area contributed by atoms with Gasteiger partial charge in [0, 0.05) is 12.6 Å². The van der Waals surface area contributed by atoms with Crippen LogP contribution >= 0.6 is 0 Å². The highest BCUT2D eigenvalue weighted by Crippen LogP contribution is 2.09. The Bertz CT molecular complexity index is 90.9. The molecule has 54 valence electrons. The summed E-state index contributed by atoms with van der Waals surface area (Å²) in [4.78, 5) is 2.04. The van der Waals surface area contributed by atoms with Crippen LogP contribution in [0.1, 0.15) is 13.3 Å². The lowest BCUT2D eigenvalue weighted by molar-refractivity contribution is 0.342. The van der Waals surface area contributed by atoms with Gasteiger partial charge in [0.2, 0.25) is 0 Å². The molecule has 2 unspecified atom stereocenters. The lowest BCUT2D eigenvalue weighted by atomic mass is 10.2. The first-order valence-corrected chi connectivity index (χ1v) is 3.47. The second-order valence-corrected chi connectivity index (χ2v) is 2.96. The molecule has 0 aromatic rings. The van der Waals surface area contributed by atoms with Crippen molar-refractivity contribution in [1.82, 2.24) is 10.2 Å². The van der Waals surface area contributed by atoms with Gasteiger partial charge in [-0.2, -0.15) is 0 Å². The van der Waals surface area contributed by atoms with Crippen molar-refractivity contribution >= 4 is 0 Å². The molecule has 0 amide bonds. The van der Waals surface area contributed by atoms with Gasteiger partial charge in [0.25, 0.3) is 0 Å². The first-order chi connectivity index (χ1) is 4.20. The molecule has 1 aliphatic rings. The Balaban J connectivity index is 2.30. The van der Waals surface area contributed by atoms with E-state index >= 15 is 0 Å². The molecule has 1 aliphatic heterocycles. The number of likely N-dealkylation sites (N-methyl/N-ethyl adjacent to an activating group) is 1. The predicted octanol–water partition coefficient (Wildman–Crippen LogP) is 0.460. The quantitative estimate of drug-likeness (QED) is 0.515. The molecule has 1 N–H and O–H groups in total. The first-order valence-electron chi connectivity index (χ1n) is 3.47.